The molecule has 2 heterocycles. The molecule has 4 aromatic rings. The minimum atomic E-state index is -0.126. The summed E-state index contributed by atoms with van der Waals surface area (Å²) < 4.78 is 7.40. The number of aromatic nitrogens is 4. The molecule has 2 aromatic heterocycles. The summed E-state index contributed by atoms with van der Waals surface area (Å²) >= 11 is 2.98. The molecule has 0 radical (unpaired) electrons. The maximum absolute atomic E-state index is 12.4. The van der Waals surface area contributed by atoms with Gasteiger partial charge >= 0.3 is 0 Å². The quantitative estimate of drug-likeness (QED) is 0.371. The Kier molecular flexibility index (Phi) is 6.34. The van der Waals surface area contributed by atoms with Crippen LogP contribution in [0.25, 0.3) is 11.4 Å². The molecule has 0 N–H and O–H groups in total. The van der Waals surface area contributed by atoms with E-state index < -0.39 is 0 Å². The Hall–Kier alpha value is -3.17. The van der Waals surface area contributed by atoms with E-state index in [1.807, 2.05) is 71.6 Å². The lowest BCUT2D eigenvalue weighted by Crippen LogP contribution is -2.23. The van der Waals surface area contributed by atoms with Crippen LogP contribution in [0.4, 0.5) is 10.8 Å². The van der Waals surface area contributed by atoms with Gasteiger partial charge in [0.1, 0.15) is 5.75 Å². The van der Waals surface area contributed by atoms with Crippen molar-refractivity contribution in [3.63, 3.8) is 0 Å². The number of thioether (sulfide) groups is 1. The van der Waals surface area contributed by atoms with Crippen molar-refractivity contribution in [3.8, 4) is 17.1 Å². The lowest BCUT2D eigenvalue weighted by molar-refractivity contribution is -0.115. The normalized spacial score (nSPS) is 10.8. The Labute approximate surface area is 188 Å². The highest BCUT2D eigenvalue weighted by atomic mass is 32.2. The van der Waals surface area contributed by atoms with Crippen LogP contribution in [0.1, 0.15) is 12.6 Å². The summed E-state index contributed by atoms with van der Waals surface area (Å²) in [6.45, 7) is 1.52. The van der Waals surface area contributed by atoms with Gasteiger partial charge in [0.05, 0.1) is 18.5 Å². The summed E-state index contributed by atoms with van der Waals surface area (Å²) in [5, 5.41) is 12.0. The molecule has 158 valence electrons. The van der Waals surface area contributed by atoms with Gasteiger partial charge in [-0.2, -0.15) is 0 Å². The largest absolute Gasteiger partial charge is 0.495 e. The number of anilines is 2. The van der Waals surface area contributed by atoms with Crippen molar-refractivity contribution >= 4 is 39.8 Å². The minimum Gasteiger partial charge on any atom is -0.495 e. The number of nitrogens with zero attached hydrogens (tertiary/aromatic N) is 5. The highest BCUT2D eigenvalue weighted by Crippen LogP contribution is 2.36. The fraction of sp³-hybridized carbons (Fsp3) is 0.182. The van der Waals surface area contributed by atoms with Gasteiger partial charge in [-0.05, 0) is 12.1 Å². The molecule has 31 heavy (non-hydrogen) atoms. The van der Waals surface area contributed by atoms with Crippen molar-refractivity contribution < 1.29 is 9.53 Å². The summed E-state index contributed by atoms with van der Waals surface area (Å²) in [7, 11) is 3.54. The van der Waals surface area contributed by atoms with Crippen molar-refractivity contribution in [2.45, 2.75) is 17.8 Å². The molecule has 0 unspecified atom stereocenters. The SMILES string of the molecule is COc1ccccc1N(C(C)=O)c1nc(CSc2nnc(-c3ccccc3)n2C)cs1. The first-order valence-corrected chi connectivity index (χ1v) is 11.4. The lowest BCUT2D eigenvalue weighted by atomic mass is 10.2. The lowest BCUT2D eigenvalue weighted by Gasteiger charge is -2.20. The third-order valence-electron chi connectivity index (χ3n) is 4.59. The van der Waals surface area contributed by atoms with Gasteiger partial charge in [-0.3, -0.25) is 9.69 Å². The second-order valence-corrected chi connectivity index (χ2v) is 8.45. The van der Waals surface area contributed by atoms with Gasteiger partial charge in [0.2, 0.25) is 5.91 Å². The molecule has 0 atom stereocenters. The van der Waals surface area contributed by atoms with Crippen LogP contribution in [0.2, 0.25) is 0 Å². The third kappa shape index (κ3) is 4.47. The molecule has 0 spiro atoms. The van der Waals surface area contributed by atoms with Crippen LogP contribution in [0, 0.1) is 0 Å². The predicted molar refractivity (Wildman–Crippen MR) is 124 cm³/mol. The molecule has 7 nitrogen and oxygen atoms in total. The Morgan fingerprint density at radius 1 is 1.13 bits per heavy atom. The fourth-order valence-electron chi connectivity index (χ4n) is 3.10. The first kappa shape index (κ1) is 21.1. The van der Waals surface area contributed by atoms with E-state index in [4.69, 9.17) is 4.74 Å². The van der Waals surface area contributed by atoms with E-state index in [9.17, 15) is 4.79 Å². The molecule has 0 bridgehead atoms. The van der Waals surface area contributed by atoms with Gasteiger partial charge in [-0.15, -0.1) is 21.5 Å². The second-order valence-electron chi connectivity index (χ2n) is 6.67. The third-order valence-corrected chi connectivity index (χ3v) is 6.52. The van der Waals surface area contributed by atoms with Crippen molar-refractivity contribution in [1.29, 1.82) is 0 Å². The molecular weight excluding hydrogens is 430 g/mol. The summed E-state index contributed by atoms with van der Waals surface area (Å²) in [5.41, 5.74) is 2.57. The Morgan fingerprint density at radius 3 is 2.61 bits per heavy atom. The number of carbonyl (C=O) groups excluding carboxylic acids is 1. The van der Waals surface area contributed by atoms with E-state index in [1.54, 1.807) is 23.8 Å². The molecule has 0 saturated heterocycles. The van der Waals surface area contributed by atoms with Crippen molar-refractivity contribution in [2.75, 3.05) is 12.0 Å². The van der Waals surface area contributed by atoms with Crippen molar-refractivity contribution in [3.05, 3.63) is 65.7 Å². The van der Waals surface area contributed by atoms with Gasteiger partial charge in [-0.25, -0.2) is 4.98 Å². The predicted octanol–water partition coefficient (Wildman–Crippen LogP) is 4.92. The molecule has 0 aliphatic heterocycles. The van der Waals surface area contributed by atoms with Gasteiger partial charge < -0.3 is 9.30 Å². The Morgan fingerprint density at radius 2 is 1.87 bits per heavy atom. The van der Waals surface area contributed by atoms with E-state index in [2.05, 4.69) is 15.2 Å². The molecule has 0 fully saturated rings. The number of ether oxygens (including phenoxy) is 1. The summed E-state index contributed by atoms with van der Waals surface area (Å²) in [5.74, 6) is 1.94. The average molecular weight is 452 g/mol. The average Bonchev–Trinajstić information content (AvgIpc) is 3.40. The number of carbonyl (C=O) groups is 1. The monoisotopic (exact) mass is 451 g/mol. The number of benzene rings is 2. The first-order valence-electron chi connectivity index (χ1n) is 9.54. The highest BCUT2D eigenvalue weighted by Gasteiger charge is 2.21. The molecule has 0 saturated carbocycles. The van der Waals surface area contributed by atoms with E-state index in [-0.39, 0.29) is 5.91 Å². The molecule has 4 rings (SSSR count). The van der Waals surface area contributed by atoms with Crippen LogP contribution in [-0.4, -0.2) is 32.8 Å². The summed E-state index contributed by atoms with van der Waals surface area (Å²) in [6, 6.07) is 17.4. The number of methoxy groups -OCH3 is 1. The molecule has 1 amide bonds. The van der Waals surface area contributed by atoms with Crippen LogP contribution < -0.4 is 9.64 Å². The standard InChI is InChI=1S/C22H21N5O2S2/c1-15(28)27(18-11-7-8-12-19(18)29-3)21-23-17(13-30-21)14-31-22-25-24-20(26(22)2)16-9-5-4-6-10-16/h4-13H,14H2,1-3H3. The zero-order valence-corrected chi connectivity index (χ0v) is 19.0. The number of hydrogen-bond donors (Lipinski definition) is 0. The second kappa shape index (κ2) is 9.32. The summed E-state index contributed by atoms with van der Waals surface area (Å²) in [6.07, 6.45) is 0. The molecule has 2 aromatic carbocycles. The Bertz CT molecular complexity index is 1190. The van der Waals surface area contributed by atoms with Crippen LogP contribution in [0.15, 0.2) is 65.1 Å². The van der Waals surface area contributed by atoms with Crippen LogP contribution in [0.5, 0.6) is 5.75 Å². The first-order chi connectivity index (χ1) is 15.1. The van der Waals surface area contributed by atoms with E-state index in [0.717, 1.165) is 22.2 Å². The van der Waals surface area contributed by atoms with Gasteiger partial charge in [0.15, 0.2) is 16.1 Å². The van der Waals surface area contributed by atoms with E-state index in [0.29, 0.717) is 22.3 Å². The topological polar surface area (TPSA) is 73.1 Å². The maximum Gasteiger partial charge on any atom is 0.230 e. The van der Waals surface area contributed by atoms with Crippen LogP contribution in [0.3, 0.4) is 0 Å². The molecule has 9 heteroatoms. The molecule has 0 aliphatic carbocycles. The number of thiazole rings is 1. The number of amides is 1. The van der Waals surface area contributed by atoms with Crippen molar-refractivity contribution in [1.82, 2.24) is 19.7 Å². The van der Waals surface area contributed by atoms with Crippen molar-refractivity contribution in [2.24, 2.45) is 7.05 Å². The van der Waals surface area contributed by atoms with Crippen LogP contribution in [-0.2, 0) is 17.6 Å². The number of hydrogen-bond acceptors (Lipinski definition) is 7. The zero-order valence-electron chi connectivity index (χ0n) is 17.3. The smallest absolute Gasteiger partial charge is 0.230 e. The maximum atomic E-state index is 12.4. The fourth-order valence-corrected chi connectivity index (χ4v) is 4.89. The minimum absolute atomic E-state index is 0.126. The summed E-state index contributed by atoms with van der Waals surface area (Å²) in [4.78, 5) is 18.7. The van der Waals surface area contributed by atoms with E-state index >= 15 is 0 Å². The van der Waals surface area contributed by atoms with Gasteiger partial charge in [0.25, 0.3) is 0 Å². The number of rotatable bonds is 7. The van der Waals surface area contributed by atoms with E-state index in [1.165, 1.54) is 18.3 Å². The zero-order chi connectivity index (χ0) is 21.8. The molecular formula is C22H21N5O2S2. The Balaban J connectivity index is 1.52. The van der Waals surface area contributed by atoms with Gasteiger partial charge in [0, 0.05) is 30.7 Å². The number of para-hydroxylation sites is 2. The highest BCUT2D eigenvalue weighted by molar-refractivity contribution is 7.98. The van der Waals surface area contributed by atoms with Crippen LogP contribution >= 0.6 is 23.1 Å². The molecule has 0 aliphatic rings. The van der Waals surface area contributed by atoms with Gasteiger partial charge in [-0.1, -0.05) is 54.2 Å².